The Morgan fingerprint density at radius 1 is 1.00 bits per heavy atom. The SMILES string of the molecule is NCc1ccc(Br)c(S(=O)(=O)Nc2cc(Br)ccc2Br)c1. The van der Waals surface area contributed by atoms with Crippen LogP contribution in [0, 0.1) is 0 Å². The molecule has 2 rings (SSSR count). The van der Waals surface area contributed by atoms with Crippen LogP contribution in [0.1, 0.15) is 5.56 Å². The number of hydrogen-bond donors (Lipinski definition) is 2. The second-order valence-electron chi connectivity index (χ2n) is 4.20. The Balaban J connectivity index is 2.45. The van der Waals surface area contributed by atoms with Crippen molar-refractivity contribution in [3.8, 4) is 0 Å². The number of nitrogens with one attached hydrogen (secondary N) is 1. The van der Waals surface area contributed by atoms with Crippen LogP contribution in [0.15, 0.2) is 54.7 Å². The first-order valence-electron chi connectivity index (χ1n) is 5.80. The lowest BCUT2D eigenvalue weighted by Gasteiger charge is -2.12. The summed E-state index contributed by atoms with van der Waals surface area (Å²) >= 11 is 9.90. The van der Waals surface area contributed by atoms with Gasteiger partial charge in [0.05, 0.1) is 5.69 Å². The molecule has 0 spiro atoms. The Morgan fingerprint density at radius 2 is 1.67 bits per heavy atom. The van der Waals surface area contributed by atoms with E-state index < -0.39 is 10.0 Å². The van der Waals surface area contributed by atoms with Crippen molar-refractivity contribution in [2.45, 2.75) is 11.4 Å². The summed E-state index contributed by atoms with van der Waals surface area (Å²) < 4.78 is 29.5. The van der Waals surface area contributed by atoms with Gasteiger partial charge in [-0.25, -0.2) is 8.42 Å². The molecule has 0 radical (unpaired) electrons. The van der Waals surface area contributed by atoms with Crippen LogP contribution in [0.5, 0.6) is 0 Å². The molecule has 0 amide bonds. The van der Waals surface area contributed by atoms with Crippen LogP contribution in [-0.2, 0) is 16.6 Å². The fraction of sp³-hybridized carbons (Fsp3) is 0.0769. The molecule has 0 saturated heterocycles. The minimum Gasteiger partial charge on any atom is -0.326 e. The summed E-state index contributed by atoms with van der Waals surface area (Å²) in [7, 11) is -3.72. The summed E-state index contributed by atoms with van der Waals surface area (Å²) in [5, 5.41) is 0. The molecular formula is C13H11Br3N2O2S. The Bertz CT molecular complexity index is 779. The van der Waals surface area contributed by atoms with E-state index in [1.165, 1.54) is 0 Å². The van der Waals surface area contributed by atoms with E-state index in [0.29, 0.717) is 14.6 Å². The highest BCUT2D eigenvalue weighted by molar-refractivity contribution is 9.11. The molecule has 0 bridgehead atoms. The van der Waals surface area contributed by atoms with E-state index in [4.69, 9.17) is 5.73 Å². The Hall–Kier alpha value is -0.410. The molecule has 0 heterocycles. The maximum Gasteiger partial charge on any atom is 0.263 e. The molecule has 0 aliphatic rings. The molecule has 0 atom stereocenters. The third kappa shape index (κ3) is 4.07. The average Bonchev–Trinajstić information content (AvgIpc) is 2.43. The Labute approximate surface area is 148 Å². The minimum atomic E-state index is -3.72. The quantitative estimate of drug-likeness (QED) is 0.662. The molecule has 2 aromatic rings. The van der Waals surface area contributed by atoms with E-state index in [9.17, 15) is 8.42 Å². The van der Waals surface area contributed by atoms with Gasteiger partial charge in [-0.1, -0.05) is 22.0 Å². The summed E-state index contributed by atoms with van der Waals surface area (Å²) in [6.07, 6.45) is 0. The van der Waals surface area contributed by atoms with Crippen molar-refractivity contribution in [2.75, 3.05) is 4.72 Å². The molecule has 0 unspecified atom stereocenters. The molecule has 0 aromatic heterocycles. The largest absolute Gasteiger partial charge is 0.326 e. The van der Waals surface area contributed by atoms with Crippen LogP contribution < -0.4 is 10.5 Å². The number of benzene rings is 2. The minimum absolute atomic E-state index is 0.150. The van der Waals surface area contributed by atoms with Gasteiger partial charge in [-0.2, -0.15) is 0 Å². The third-order valence-corrected chi connectivity index (χ3v) is 6.24. The number of hydrogen-bond acceptors (Lipinski definition) is 3. The van der Waals surface area contributed by atoms with Crippen LogP contribution in [0.3, 0.4) is 0 Å². The second kappa shape index (κ2) is 6.78. The maximum absolute atomic E-state index is 12.5. The van der Waals surface area contributed by atoms with Crippen molar-refractivity contribution in [2.24, 2.45) is 5.73 Å². The predicted octanol–water partition coefficient (Wildman–Crippen LogP) is 4.23. The van der Waals surface area contributed by atoms with Crippen molar-refractivity contribution < 1.29 is 8.42 Å². The van der Waals surface area contributed by atoms with Crippen LogP contribution in [-0.4, -0.2) is 8.42 Å². The molecule has 0 aliphatic carbocycles. The van der Waals surface area contributed by atoms with Crippen LogP contribution in [0.25, 0.3) is 0 Å². The zero-order chi connectivity index (χ0) is 15.6. The van der Waals surface area contributed by atoms with Gasteiger partial charge >= 0.3 is 0 Å². The summed E-state index contributed by atoms with van der Waals surface area (Å²) in [5.74, 6) is 0. The topological polar surface area (TPSA) is 72.2 Å². The normalized spacial score (nSPS) is 11.4. The molecule has 0 fully saturated rings. The maximum atomic E-state index is 12.5. The Morgan fingerprint density at radius 3 is 2.33 bits per heavy atom. The first-order chi connectivity index (χ1) is 9.83. The van der Waals surface area contributed by atoms with E-state index >= 15 is 0 Å². The van der Waals surface area contributed by atoms with Crippen molar-refractivity contribution >= 4 is 63.5 Å². The summed E-state index contributed by atoms with van der Waals surface area (Å²) in [6, 6.07) is 10.3. The third-order valence-electron chi connectivity index (χ3n) is 2.69. The summed E-state index contributed by atoms with van der Waals surface area (Å²) in [6.45, 7) is 0.274. The van der Waals surface area contributed by atoms with Gasteiger partial charge in [-0.15, -0.1) is 0 Å². The smallest absolute Gasteiger partial charge is 0.263 e. The first kappa shape index (κ1) is 17.0. The predicted molar refractivity (Wildman–Crippen MR) is 94.7 cm³/mol. The highest BCUT2D eigenvalue weighted by atomic mass is 79.9. The van der Waals surface area contributed by atoms with Crippen molar-refractivity contribution in [3.05, 3.63) is 55.4 Å². The summed E-state index contributed by atoms with van der Waals surface area (Å²) in [4.78, 5) is 0.150. The molecule has 4 nitrogen and oxygen atoms in total. The van der Waals surface area contributed by atoms with E-state index in [0.717, 1.165) is 10.0 Å². The molecule has 112 valence electrons. The van der Waals surface area contributed by atoms with Gasteiger partial charge in [-0.05, 0) is 67.8 Å². The van der Waals surface area contributed by atoms with E-state index in [1.54, 1.807) is 30.3 Å². The number of rotatable bonds is 4. The van der Waals surface area contributed by atoms with E-state index in [-0.39, 0.29) is 11.4 Å². The molecule has 21 heavy (non-hydrogen) atoms. The lowest BCUT2D eigenvalue weighted by atomic mass is 10.2. The van der Waals surface area contributed by atoms with Gasteiger partial charge in [0.1, 0.15) is 4.90 Å². The van der Waals surface area contributed by atoms with Crippen molar-refractivity contribution in [1.29, 1.82) is 0 Å². The van der Waals surface area contributed by atoms with Gasteiger partial charge in [0.25, 0.3) is 10.0 Å². The van der Waals surface area contributed by atoms with E-state index in [2.05, 4.69) is 52.5 Å². The van der Waals surface area contributed by atoms with E-state index in [1.807, 2.05) is 6.07 Å². The second-order valence-corrected chi connectivity index (χ2v) is 8.47. The molecule has 0 aliphatic heterocycles. The van der Waals surface area contributed by atoms with Crippen LogP contribution in [0.2, 0.25) is 0 Å². The fourth-order valence-electron chi connectivity index (χ4n) is 1.66. The van der Waals surface area contributed by atoms with Gasteiger partial charge in [0, 0.05) is 20.0 Å². The highest BCUT2D eigenvalue weighted by Gasteiger charge is 2.19. The van der Waals surface area contributed by atoms with Gasteiger partial charge in [-0.3, -0.25) is 4.72 Å². The molecular weight excluding hydrogens is 488 g/mol. The Kier molecular flexibility index (Phi) is 5.48. The van der Waals surface area contributed by atoms with Crippen molar-refractivity contribution in [1.82, 2.24) is 0 Å². The highest BCUT2D eigenvalue weighted by Crippen LogP contribution is 2.30. The van der Waals surface area contributed by atoms with Gasteiger partial charge in [0.2, 0.25) is 0 Å². The standard InChI is InChI=1S/C13H11Br3N2O2S/c14-9-2-4-10(15)12(6-9)18-21(19,20)13-5-8(7-17)1-3-11(13)16/h1-6,18H,7,17H2. The van der Waals surface area contributed by atoms with Crippen LogP contribution in [0.4, 0.5) is 5.69 Å². The lowest BCUT2D eigenvalue weighted by molar-refractivity contribution is 0.600. The average molecular weight is 499 g/mol. The number of nitrogens with two attached hydrogens (primary N) is 1. The van der Waals surface area contributed by atoms with Gasteiger partial charge in [0.15, 0.2) is 0 Å². The first-order valence-corrected chi connectivity index (χ1v) is 9.66. The fourth-order valence-corrected chi connectivity index (χ4v) is 4.58. The zero-order valence-electron chi connectivity index (χ0n) is 10.6. The lowest BCUT2D eigenvalue weighted by Crippen LogP contribution is -2.14. The van der Waals surface area contributed by atoms with Gasteiger partial charge < -0.3 is 5.73 Å². The van der Waals surface area contributed by atoms with Crippen LogP contribution >= 0.6 is 47.8 Å². The molecule has 3 N–H and O–H groups in total. The number of halogens is 3. The van der Waals surface area contributed by atoms with Crippen molar-refractivity contribution in [3.63, 3.8) is 0 Å². The number of anilines is 1. The molecule has 2 aromatic carbocycles. The summed E-state index contributed by atoms with van der Waals surface area (Å²) in [5.41, 5.74) is 6.76. The number of sulfonamides is 1. The zero-order valence-corrected chi connectivity index (χ0v) is 16.2. The monoisotopic (exact) mass is 496 g/mol. The molecule has 8 heteroatoms. The molecule has 0 saturated carbocycles.